The Morgan fingerprint density at radius 2 is 2.22 bits per heavy atom. The molecule has 2 nitrogen and oxygen atoms in total. The van der Waals surface area contributed by atoms with Gasteiger partial charge in [-0.1, -0.05) is 36.2 Å². The lowest BCUT2D eigenvalue weighted by molar-refractivity contribution is -0.137. The van der Waals surface area contributed by atoms with E-state index in [1.807, 2.05) is 13.8 Å². The first-order chi connectivity index (χ1) is 4.09. The number of alkyl halides is 1. The van der Waals surface area contributed by atoms with Crippen LogP contribution < -0.4 is 0 Å². The van der Waals surface area contributed by atoms with E-state index in [9.17, 15) is 4.79 Å². The molecule has 0 aliphatic carbocycles. The highest BCUT2D eigenvalue weighted by Crippen LogP contribution is 2.15. The number of carboxylic acids is 1. The Hall–Kier alpha value is -0.0500. The topological polar surface area (TPSA) is 37.3 Å². The second kappa shape index (κ2) is 3.88. The summed E-state index contributed by atoms with van der Waals surface area (Å²) in [7, 11) is 0. The minimum atomic E-state index is -0.774. The van der Waals surface area contributed by atoms with Gasteiger partial charge in [0.15, 0.2) is 0 Å². The number of carbonyl (C=O) groups is 1. The molecule has 0 heterocycles. The molecule has 0 saturated carbocycles. The van der Waals surface area contributed by atoms with Crippen molar-refractivity contribution < 1.29 is 9.90 Å². The summed E-state index contributed by atoms with van der Waals surface area (Å²) in [6.45, 7) is 3.88. The van der Waals surface area contributed by atoms with E-state index in [4.69, 9.17) is 5.11 Å². The first-order valence-electron chi connectivity index (χ1n) is 2.96. The number of hydrogen-bond acceptors (Lipinski definition) is 1. The molecule has 0 amide bonds. The maximum atomic E-state index is 10.3. The van der Waals surface area contributed by atoms with Crippen LogP contribution in [0, 0.1) is 5.92 Å². The van der Waals surface area contributed by atoms with Gasteiger partial charge in [-0.25, -0.2) is 0 Å². The molecule has 54 valence electrons. The number of halogens is 1. The average Bonchev–Trinajstić information content (AvgIpc) is 1.84. The average molecular weight is 195 g/mol. The molecule has 2 atom stereocenters. The van der Waals surface area contributed by atoms with Crippen LogP contribution in [-0.4, -0.2) is 15.9 Å². The predicted octanol–water partition coefficient (Wildman–Crippen LogP) is 1.88. The van der Waals surface area contributed by atoms with Gasteiger partial charge in [-0.2, -0.15) is 0 Å². The first-order valence-corrected chi connectivity index (χ1v) is 3.88. The second-order valence-electron chi connectivity index (χ2n) is 2.13. The second-order valence-corrected chi connectivity index (χ2v) is 3.11. The summed E-state index contributed by atoms with van der Waals surface area (Å²) in [5.41, 5.74) is 0. The maximum absolute atomic E-state index is 10.3. The molecule has 0 aromatic rings. The Kier molecular flexibility index (Phi) is 3.86. The summed E-state index contributed by atoms with van der Waals surface area (Å²) in [6.07, 6.45) is 0.891. The Morgan fingerprint density at radius 1 is 1.78 bits per heavy atom. The van der Waals surface area contributed by atoms with Crippen molar-refractivity contribution >= 4 is 21.9 Å². The van der Waals surface area contributed by atoms with Crippen molar-refractivity contribution in [2.24, 2.45) is 5.92 Å². The minimum Gasteiger partial charge on any atom is -0.480 e. The summed E-state index contributed by atoms with van der Waals surface area (Å²) in [6, 6.07) is 0. The highest BCUT2D eigenvalue weighted by Gasteiger charge is 2.18. The van der Waals surface area contributed by atoms with E-state index >= 15 is 0 Å². The molecule has 0 saturated heterocycles. The number of aliphatic carboxylic acids is 1. The normalized spacial score (nSPS) is 16.8. The van der Waals surface area contributed by atoms with Gasteiger partial charge in [-0.05, 0) is 5.92 Å². The lowest BCUT2D eigenvalue weighted by Crippen LogP contribution is -2.20. The van der Waals surface area contributed by atoms with Gasteiger partial charge in [0.25, 0.3) is 0 Å². The quantitative estimate of drug-likeness (QED) is 0.698. The van der Waals surface area contributed by atoms with Crippen LogP contribution in [0.25, 0.3) is 0 Å². The molecular weight excluding hydrogens is 184 g/mol. The SMILES string of the molecule is CC[C@@H](C)[C@H](Br)C(=O)O. The van der Waals surface area contributed by atoms with Crippen molar-refractivity contribution in [1.29, 1.82) is 0 Å². The van der Waals surface area contributed by atoms with Gasteiger partial charge >= 0.3 is 5.97 Å². The minimum absolute atomic E-state index is 0.211. The van der Waals surface area contributed by atoms with Crippen molar-refractivity contribution in [1.82, 2.24) is 0 Å². The summed E-state index contributed by atoms with van der Waals surface area (Å²) >= 11 is 3.07. The van der Waals surface area contributed by atoms with E-state index in [0.717, 1.165) is 6.42 Å². The van der Waals surface area contributed by atoms with Crippen LogP contribution in [0.5, 0.6) is 0 Å². The smallest absolute Gasteiger partial charge is 0.317 e. The van der Waals surface area contributed by atoms with Crippen molar-refractivity contribution in [2.75, 3.05) is 0 Å². The Balaban J connectivity index is 3.72. The summed E-state index contributed by atoms with van der Waals surface area (Å²) in [5.74, 6) is -0.563. The van der Waals surface area contributed by atoms with E-state index in [-0.39, 0.29) is 10.7 Å². The van der Waals surface area contributed by atoms with Crippen molar-refractivity contribution in [2.45, 2.75) is 25.1 Å². The standard InChI is InChI=1S/C6H11BrO2/c1-3-4(2)5(7)6(8)9/h4-5H,3H2,1-2H3,(H,8,9)/t4-,5+/m1/s1. The van der Waals surface area contributed by atoms with Gasteiger partial charge in [0.1, 0.15) is 4.83 Å². The molecule has 1 N–H and O–H groups in total. The van der Waals surface area contributed by atoms with Gasteiger partial charge < -0.3 is 5.11 Å². The van der Waals surface area contributed by atoms with Gasteiger partial charge in [0, 0.05) is 0 Å². The maximum Gasteiger partial charge on any atom is 0.317 e. The fourth-order valence-corrected chi connectivity index (χ4v) is 0.824. The molecule has 9 heavy (non-hydrogen) atoms. The van der Waals surface area contributed by atoms with E-state index in [2.05, 4.69) is 15.9 Å². The van der Waals surface area contributed by atoms with Crippen LogP contribution >= 0.6 is 15.9 Å². The third-order valence-electron chi connectivity index (χ3n) is 1.38. The molecule has 0 aromatic carbocycles. The highest BCUT2D eigenvalue weighted by atomic mass is 79.9. The fraction of sp³-hybridized carbons (Fsp3) is 0.833. The van der Waals surface area contributed by atoms with E-state index in [1.54, 1.807) is 0 Å². The van der Waals surface area contributed by atoms with Crippen LogP contribution in [0.4, 0.5) is 0 Å². The Labute approximate surface area is 63.4 Å². The molecule has 0 aliphatic rings. The molecular formula is C6H11BrO2. The van der Waals surface area contributed by atoms with Crippen molar-refractivity contribution in [3.8, 4) is 0 Å². The van der Waals surface area contributed by atoms with Gasteiger partial charge in [-0.15, -0.1) is 0 Å². The van der Waals surface area contributed by atoms with Crippen LogP contribution in [0.3, 0.4) is 0 Å². The van der Waals surface area contributed by atoms with Crippen LogP contribution in [0.1, 0.15) is 20.3 Å². The number of hydrogen-bond donors (Lipinski definition) is 1. The van der Waals surface area contributed by atoms with E-state index < -0.39 is 5.97 Å². The number of rotatable bonds is 3. The van der Waals surface area contributed by atoms with E-state index in [0.29, 0.717) is 0 Å². The lowest BCUT2D eigenvalue weighted by atomic mass is 10.1. The van der Waals surface area contributed by atoms with Crippen LogP contribution in [0.15, 0.2) is 0 Å². The Morgan fingerprint density at radius 3 is 2.33 bits per heavy atom. The fourth-order valence-electron chi connectivity index (χ4n) is 0.450. The molecule has 0 unspecified atom stereocenters. The molecule has 0 bridgehead atoms. The van der Waals surface area contributed by atoms with Gasteiger partial charge in [0.05, 0.1) is 0 Å². The van der Waals surface area contributed by atoms with Crippen LogP contribution in [0.2, 0.25) is 0 Å². The summed E-state index contributed by atoms with van der Waals surface area (Å²) < 4.78 is 0. The molecule has 0 aliphatic heterocycles. The Bertz CT molecular complexity index is 103. The largest absolute Gasteiger partial charge is 0.480 e. The lowest BCUT2D eigenvalue weighted by Gasteiger charge is -2.10. The first kappa shape index (κ1) is 8.95. The van der Waals surface area contributed by atoms with Crippen molar-refractivity contribution in [3.05, 3.63) is 0 Å². The molecule has 0 spiro atoms. The summed E-state index contributed by atoms with van der Waals surface area (Å²) in [4.78, 5) is 9.87. The zero-order valence-electron chi connectivity index (χ0n) is 5.60. The zero-order valence-corrected chi connectivity index (χ0v) is 7.18. The molecule has 0 radical (unpaired) electrons. The monoisotopic (exact) mass is 194 g/mol. The zero-order chi connectivity index (χ0) is 7.44. The van der Waals surface area contributed by atoms with Gasteiger partial charge in [0.2, 0.25) is 0 Å². The molecule has 0 fully saturated rings. The molecule has 0 rings (SSSR count). The molecule has 0 aromatic heterocycles. The summed E-state index contributed by atoms with van der Waals surface area (Å²) in [5, 5.41) is 8.44. The van der Waals surface area contributed by atoms with Gasteiger partial charge in [-0.3, -0.25) is 4.79 Å². The predicted molar refractivity (Wildman–Crippen MR) is 39.8 cm³/mol. The highest BCUT2D eigenvalue weighted by molar-refractivity contribution is 9.10. The van der Waals surface area contributed by atoms with E-state index in [1.165, 1.54) is 0 Å². The molecule has 3 heteroatoms. The number of carboxylic acid groups (broad SMARTS) is 1. The third kappa shape index (κ3) is 2.84. The third-order valence-corrected chi connectivity index (χ3v) is 2.67. The van der Waals surface area contributed by atoms with Crippen LogP contribution in [-0.2, 0) is 4.79 Å². The van der Waals surface area contributed by atoms with Crippen molar-refractivity contribution in [3.63, 3.8) is 0 Å².